The van der Waals surface area contributed by atoms with Crippen LogP contribution in [0.5, 0.6) is 0 Å². The summed E-state index contributed by atoms with van der Waals surface area (Å²) in [6.07, 6.45) is 1.67. The largest absolute Gasteiger partial charge is 0.326 e. The molecular formula is C15H12ClN5O2S. The Hall–Kier alpha value is -2.32. The number of aromatic nitrogens is 4. The van der Waals surface area contributed by atoms with Crippen molar-refractivity contribution in [3.63, 3.8) is 0 Å². The summed E-state index contributed by atoms with van der Waals surface area (Å²) in [6, 6.07) is 6.67. The Morgan fingerprint density at radius 3 is 3.00 bits per heavy atom. The second-order valence-corrected chi connectivity index (χ2v) is 6.85. The highest BCUT2D eigenvalue weighted by Crippen LogP contribution is 2.33. The van der Waals surface area contributed by atoms with Gasteiger partial charge in [0.25, 0.3) is 5.56 Å². The molecule has 0 aliphatic carbocycles. The first kappa shape index (κ1) is 15.2. The first-order valence-electron chi connectivity index (χ1n) is 7.25. The average Bonchev–Trinajstić information content (AvgIpc) is 3.17. The van der Waals surface area contributed by atoms with Gasteiger partial charge < -0.3 is 5.32 Å². The Kier molecular flexibility index (Phi) is 3.78. The van der Waals surface area contributed by atoms with Gasteiger partial charge in [-0.1, -0.05) is 23.4 Å². The monoisotopic (exact) mass is 361 g/mol. The zero-order valence-corrected chi connectivity index (χ0v) is 13.9. The molecule has 0 fully saturated rings. The van der Waals surface area contributed by atoms with Crippen molar-refractivity contribution in [2.45, 2.75) is 17.6 Å². The highest BCUT2D eigenvalue weighted by Gasteiger charge is 2.28. The van der Waals surface area contributed by atoms with Crippen LogP contribution in [0.25, 0.3) is 11.0 Å². The molecule has 1 aromatic carbocycles. The standard InChI is InChI=1S/C15H12ClN5O2S/c16-8-1-3-9(4-2-8)18-12(22)5-10-7-24-15-19-13-11(6-17-20-13)14(23)21(10)15/h1-4,6,10H,5,7H2,(H,17,20)(H,18,22). The van der Waals surface area contributed by atoms with Crippen LogP contribution in [0.4, 0.5) is 5.69 Å². The maximum Gasteiger partial charge on any atom is 0.265 e. The summed E-state index contributed by atoms with van der Waals surface area (Å²) in [6.45, 7) is 0. The normalized spacial score (nSPS) is 16.3. The molecule has 1 atom stereocenters. The molecule has 0 bridgehead atoms. The van der Waals surface area contributed by atoms with Gasteiger partial charge in [0, 0.05) is 22.9 Å². The van der Waals surface area contributed by atoms with Gasteiger partial charge >= 0.3 is 0 Å². The van der Waals surface area contributed by atoms with Gasteiger partial charge in [0.15, 0.2) is 10.8 Å². The van der Waals surface area contributed by atoms with Gasteiger partial charge in [0.05, 0.1) is 12.2 Å². The van der Waals surface area contributed by atoms with E-state index in [1.165, 1.54) is 18.0 Å². The number of H-pyrrole nitrogens is 1. The van der Waals surface area contributed by atoms with Gasteiger partial charge in [-0.05, 0) is 24.3 Å². The molecule has 3 aromatic rings. The maximum atomic E-state index is 12.6. The van der Waals surface area contributed by atoms with E-state index in [1.54, 1.807) is 28.8 Å². The predicted octanol–water partition coefficient (Wildman–Crippen LogP) is 2.45. The number of anilines is 1. The van der Waals surface area contributed by atoms with E-state index in [4.69, 9.17) is 11.6 Å². The van der Waals surface area contributed by atoms with Crippen LogP contribution in [0.1, 0.15) is 12.5 Å². The molecule has 122 valence electrons. The third kappa shape index (κ3) is 2.67. The Balaban J connectivity index is 1.56. The van der Waals surface area contributed by atoms with E-state index in [2.05, 4.69) is 20.5 Å². The fourth-order valence-electron chi connectivity index (χ4n) is 2.67. The van der Waals surface area contributed by atoms with Crippen LogP contribution in [0.3, 0.4) is 0 Å². The molecule has 0 saturated carbocycles. The number of amides is 1. The first-order chi connectivity index (χ1) is 11.6. The molecule has 1 unspecified atom stereocenters. The highest BCUT2D eigenvalue weighted by atomic mass is 35.5. The molecule has 2 aromatic heterocycles. The van der Waals surface area contributed by atoms with Crippen molar-refractivity contribution >= 4 is 46.0 Å². The van der Waals surface area contributed by atoms with Crippen LogP contribution in [0, 0.1) is 0 Å². The Labute approximate surface area is 145 Å². The van der Waals surface area contributed by atoms with Crippen molar-refractivity contribution in [2.75, 3.05) is 11.1 Å². The summed E-state index contributed by atoms with van der Waals surface area (Å²) >= 11 is 7.29. The zero-order chi connectivity index (χ0) is 16.7. The number of fused-ring (bicyclic) bond motifs is 2. The minimum Gasteiger partial charge on any atom is -0.326 e. The van der Waals surface area contributed by atoms with E-state index in [0.717, 1.165) is 0 Å². The van der Waals surface area contributed by atoms with E-state index in [0.29, 0.717) is 32.7 Å². The quantitative estimate of drug-likeness (QED) is 0.699. The van der Waals surface area contributed by atoms with Crippen LogP contribution < -0.4 is 10.9 Å². The van der Waals surface area contributed by atoms with Crippen molar-refractivity contribution in [2.24, 2.45) is 0 Å². The smallest absolute Gasteiger partial charge is 0.265 e. The molecule has 9 heteroatoms. The lowest BCUT2D eigenvalue weighted by molar-refractivity contribution is -0.116. The third-order valence-corrected chi connectivity index (χ3v) is 5.15. The molecule has 1 aliphatic heterocycles. The molecule has 1 aliphatic rings. The molecule has 4 rings (SSSR count). The second-order valence-electron chi connectivity index (χ2n) is 5.43. The van der Waals surface area contributed by atoms with Crippen molar-refractivity contribution in [3.05, 3.63) is 45.8 Å². The highest BCUT2D eigenvalue weighted by molar-refractivity contribution is 7.99. The van der Waals surface area contributed by atoms with Gasteiger partial charge in [-0.25, -0.2) is 4.98 Å². The molecule has 3 heterocycles. The number of carbonyl (C=O) groups excluding carboxylic acids is 1. The second kappa shape index (κ2) is 5.95. The fourth-order valence-corrected chi connectivity index (χ4v) is 3.93. The fraction of sp³-hybridized carbons (Fsp3) is 0.200. The minimum absolute atomic E-state index is 0.157. The van der Waals surface area contributed by atoms with Crippen LogP contribution >= 0.6 is 23.4 Å². The molecule has 0 saturated heterocycles. The van der Waals surface area contributed by atoms with Crippen LogP contribution in [0.15, 0.2) is 40.4 Å². The summed E-state index contributed by atoms with van der Waals surface area (Å²) in [5.74, 6) is 0.478. The molecule has 0 radical (unpaired) electrons. The summed E-state index contributed by atoms with van der Waals surface area (Å²) in [5, 5.41) is 11.0. The minimum atomic E-state index is -0.225. The number of hydrogen-bond donors (Lipinski definition) is 2. The van der Waals surface area contributed by atoms with Crippen LogP contribution in [-0.2, 0) is 4.79 Å². The molecule has 1 amide bonds. The van der Waals surface area contributed by atoms with Gasteiger partial charge in [0.1, 0.15) is 5.39 Å². The van der Waals surface area contributed by atoms with E-state index in [9.17, 15) is 9.59 Å². The molecule has 2 N–H and O–H groups in total. The van der Waals surface area contributed by atoms with Crippen molar-refractivity contribution in [1.29, 1.82) is 0 Å². The average molecular weight is 362 g/mol. The number of aromatic amines is 1. The number of hydrogen-bond acceptors (Lipinski definition) is 5. The first-order valence-corrected chi connectivity index (χ1v) is 8.62. The van der Waals surface area contributed by atoms with Gasteiger partial charge in [0.2, 0.25) is 5.91 Å². The number of nitrogens with one attached hydrogen (secondary N) is 2. The third-order valence-electron chi connectivity index (χ3n) is 3.80. The summed E-state index contributed by atoms with van der Waals surface area (Å²) in [7, 11) is 0. The zero-order valence-electron chi connectivity index (χ0n) is 12.3. The number of rotatable bonds is 3. The van der Waals surface area contributed by atoms with E-state index in [-0.39, 0.29) is 23.9 Å². The molecular weight excluding hydrogens is 350 g/mol. The SMILES string of the molecule is O=C(CC1CSc2nc3[nH]ncc3c(=O)n21)Nc1ccc(Cl)cc1. The molecule has 0 spiro atoms. The molecule has 24 heavy (non-hydrogen) atoms. The van der Waals surface area contributed by atoms with E-state index >= 15 is 0 Å². The Bertz CT molecular complexity index is 982. The number of carbonyl (C=O) groups is 1. The van der Waals surface area contributed by atoms with Crippen molar-refractivity contribution in [1.82, 2.24) is 19.7 Å². The summed E-state index contributed by atoms with van der Waals surface area (Å²) in [4.78, 5) is 29.2. The topological polar surface area (TPSA) is 92.7 Å². The lowest BCUT2D eigenvalue weighted by Gasteiger charge is -2.13. The van der Waals surface area contributed by atoms with Crippen molar-refractivity contribution in [3.8, 4) is 0 Å². The number of halogens is 1. The number of thioether (sulfide) groups is 1. The van der Waals surface area contributed by atoms with Gasteiger partial charge in [-0.3, -0.25) is 19.3 Å². The Morgan fingerprint density at radius 2 is 2.21 bits per heavy atom. The summed E-state index contributed by atoms with van der Waals surface area (Å²) < 4.78 is 1.59. The molecule has 7 nitrogen and oxygen atoms in total. The van der Waals surface area contributed by atoms with E-state index in [1.807, 2.05) is 0 Å². The van der Waals surface area contributed by atoms with Crippen molar-refractivity contribution < 1.29 is 4.79 Å². The number of nitrogens with zero attached hydrogens (tertiary/aromatic N) is 3. The van der Waals surface area contributed by atoms with Crippen LogP contribution in [-0.4, -0.2) is 31.4 Å². The predicted molar refractivity (Wildman–Crippen MR) is 92.6 cm³/mol. The lowest BCUT2D eigenvalue weighted by atomic mass is 10.2. The van der Waals surface area contributed by atoms with Crippen LogP contribution in [0.2, 0.25) is 5.02 Å². The maximum absolute atomic E-state index is 12.6. The summed E-state index contributed by atoms with van der Waals surface area (Å²) in [5.41, 5.74) is 0.981. The lowest BCUT2D eigenvalue weighted by Crippen LogP contribution is -2.27. The Morgan fingerprint density at radius 1 is 1.42 bits per heavy atom. The van der Waals surface area contributed by atoms with Gasteiger partial charge in [-0.2, -0.15) is 5.10 Å². The van der Waals surface area contributed by atoms with Gasteiger partial charge in [-0.15, -0.1) is 0 Å². The van der Waals surface area contributed by atoms with E-state index < -0.39 is 0 Å². The number of benzene rings is 1.